The zero-order valence-corrected chi connectivity index (χ0v) is 10.00. The smallest absolute Gasteiger partial charge is 0.317 e. The van der Waals surface area contributed by atoms with Crippen LogP contribution in [0, 0.1) is 5.82 Å². The van der Waals surface area contributed by atoms with Crippen LogP contribution in [-0.2, 0) is 0 Å². The molecule has 0 bridgehead atoms. The number of anilines is 1. The van der Waals surface area contributed by atoms with E-state index >= 15 is 0 Å². The van der Waals surface area contributed by atoms with Crippen LogP contribution in [0.1, 0.15) is 0 Å². The Balaban J connectivity index is 2.06. The zero-order chi connectivity index (χ0) is 11.5. The quantitative estimate of drug-likeness (QED) is 0.790. The number of rotatable bonds is 1. The second-order valence-corrected chi connectivity index (χ2v) is 4.35. The van der Waals surface area contributed by atoms with E-state index in [4.69, 9.17) is 0 Å². The van der Waals surface area contributed by atoms with Crippen molar-refractivity contribution in [1.29, 1.82) is 0 Å². The van der Waals surface area contributed by atoms with Gasteiger partial charge in [0.15, 0.2) is 0 Å². The maximum atomic E-state index is 13.4. The minimum atomic E-state index is -0.449. The number of nitrogens with zero attached hydrogens (tertiary/aromatic N) is 1. The highest BCUT2D eigenvalue weighted by molar-refractivity contribution is 9.10. The summed E-state index contributed by atoms with van der Waals surface area (Å²) in [5.41, 5.74) is 0.195. The van der Waals surface area contributed by atoms with Crippen molar-refractivity contribution < 1.29 is 9.18 Å². The summed E-state index contributed by atoms with van der Waals surface area (Å²) in [6.45, 7) is 1.15. The number of benzene rings is 1. The first-order valence-electron chi connectivity index (χ1n) is 4.83. The highest BCUT2D eigenvalue weighted by Gasteiger charge is 2.15. The molecular formula is C11H10BrFN2O. The minimum Gasteiger partial charge on any atom is -0.317 e. The average molecular weight is 285 g/mol. The molecule has 16 heavy (non-hydrogen) atoms. The standard InChI is InChI=1S/C11H10BrFN2O/c12-8-3-4-10(9(13)7-8)14-11(16)15-5-1-2-6-15/h1-4,7H,5-6H2,(H,14,16). The van der Waals surface area contributed by atoms with E-state index in [0.29, 0.717) is 17.6 Å². The van der Waals surface area contributed by atoms with Crippen molar-refractivity contribution in [2.75, 3.05) is 18.4 Å². The topological polar surface area (TPSA) is 32.3 Å². The Hall–Kier alpha value is -1.36. The van der Waals surface area contributed by atoms with Crippen molar-refractivity contribution in [1.82, 2.24) is 4.90 Å². The van der Waals surface area contributed by atoms with Crippen LogP contribution in [0.3, 0.4) is 0 Å². The number of carbonyl (C=O) groups excluding carboxylic acids is 1. The van der Waals surface area contributed by atoms with Gasteiger partial charge in [-0.3, -0.25) is 0 Å². The van der Waals surface area contributed by atoms with E-state index in [0.717, 1.165) is 0 Å². The fourth-order valence-electron chi connectivity index (χ4n) is 1.43. The van der Waals surface area contributed by atoms with Crippen LogP contribution < -0.4 is 5.32 Å². The molecule has 1 aromatic carbocycles. The number of nitrogens with one attached hydrogen (secondary N) is 1. The predicted octanol–water partition coefficient (Wildman–Crippen LogP) is 2.99. The highest BCUT2D eigenvalue weighted by Crippen LogP contribution is 2.19. The molecule has 2 rings (SSSR count). The Kier molecular flexibility index (Phi) is 3.24. The van der Waals surface area contributed by atoms with Crippen LogP contribution in [0.4, 0.5) is 14.9 Å². The molecule has 0 saturated heterocycles. The fourth-order valence-corrected chi connectivity index (χ4v) is 1.76. The molecule has 5 heteroatoms. The van der Waals surface area contributed by atoms with Gasteiger partial charge in [-0.05, 0) is 18.2 Å². The second-order valence-electron chi connectivity index (χ2n) is 3.43. The van der Waals surface area contributed by atoms with E-state index in [1.807, 2.05) is 12.2 Å². The number of halogens is 2. The molecule has 0 saturated carbocycles. The molecule has 0 unspecified atom stereocenters. The number of carbonyl (C=O) groups is 1. The van der Waals surface area contributed by atoms with Crippen LogP contribution >= 0.6 is 15.9 Å². The predicted molar refractivity (Wildman–Crippen MR) is 63.8 cm³/mol. The Morgan fingerprint density at radius 3 is 2.69 bits per heavy atom. The van der Waals surface area contributed by atoms with Crippen LogP contribution in [0.2, 0.25) is 0 Å². The number of urea groups is 1. The van der Waals surface area contributed by atoms with Gasteiger partial charge in [0.2, 0.25) is 0 Å². The van der Waals surface area contributed by atoms with Crippen LogP contribution in [0.25, 0.3) is 0 Å². The van der Waals surface area contributed by atoms with Gasteiger partial charge >= 0.3 is 6.03 Å². The van der Waals surface area contributed by atoms with E-state index in [-0.39, 0.29) is 11.7 Å². The molecular weight excluding hydrogens is 275 g/mol. The van der Waals surface area contributed by atoms with Gasteiger partial charge in [-0.1, -0.05) is 28.1 Å². The third kappa shape index (κ3) is 2.41. The van der Waals surface area contributed by atoms with Gasteiger partial charge in [0.05, 0.1) is 5.69 Å². The van der Waals surface area contributed by atoms with Gasteiger partial charge in [0.1, 0.15) is 5.82 Å². The van der Waals surface area contributed by atoms with Crippen molar-refractivity contribution in [3.8, 4) is 0 Å². The van der Waals surface area contributed by atoms with Gasteiger partial charge in [-0.15, -0.1) is 0 Å². The summed E-state index contributed by atoms with van der Waals surface area (Å²) in [4.78, 5) is 13.2. The van der Waals surface area contributed by atoms with E-state index in [1.54, 1.807) is 11.0 Å². The van der Waals surface area contributed by atoms with Gasteiger partial charge in [0, 0.05) is 17.6 Å². The number of hydrogen-bond donors (Lipinski definition) is 1. The minimum absolute atomic E-state index is 0.195. The monoisotopic (exact) mass is 284 g/mol. The first-order valence-corrected chi connectivity index (χ1v) is 5.62. The molecule has 2 amide bonds. The lowest BCUT2D eigenvalue weighted by Gasteiger charge is -2.16. The van der Waals surface area contributed by atoms with Crippen LogP contribution in [0.15, 0.2) is 34.8 Å². The average Bonchev–Trinajstić information content (AvgIpc) is 2.75. The van der Waals surface area contributed by atoms with Crippen molar-refractivity contribution in [3.05, 3.63) is 40.6 Å². The largest absolute Gasteiger partial charge is 0.322 e. The lowest BCUT2D eigenvalue weighted by Crippen LogP contribution is -2.32. The lowest BCUT2D eigenvalue weighted by atomic mass is 10.3. The number of hydrogen-bond acceptors (Lipinski definition) is 1. The maximum Gasteiger partial charge on any atom is 0.322 e. The molecule has 1 aliphatic rings. The summed E-state index contributed by atoms with van der Waals surface area (Å²) >= 11 is 3.16. The first kappa shape index (κ1) is 11.1. The van der Waals surface area contributed by atoms with E-state index in [1.165, 1.54) is 12.1 Å². The Morgan fingerprint density at radius 1 is 1.38 bits per heavy atom. The van der Waals surface area contributed by atoms with Crippen molar-refractivity contribution >= 4 is 27.6 Å². The van der Waals surface area contributed by atoms with Crippen molar-refractivity contribution in [2.24, 2.45) is 0 Å². The van der Waals surface area contributed by atoms with Crippen molar-refractivity contribution in [2.45, 2.75) is 0 Å². The third-order valence-corrected chi connectivity index (χ3v) is 2.77. The van der Waals surface area contributed by atoms with Crippen molar-refractivity contribution in [3.63, 3.8) is 0 Å². The summed E-state index contributed by atoms with van der Waals surface area (Å²) in [7, 11) is 0. The molecule has 1 aromatic rings. The van der Waals surface area contributed by atoms with E-state index in [9.17, 15) is 9.18 Å². The summed E-state index contributed by atoms with van der Waals surface area (Å²) in [5.74, 6) is -0.449. The first-order chi connectivity index (χ1) is 7.66. The molecule has 0 fully saturated rings. The Morgan fingerprint density at radius 2 is 2.06 bits per heavy atom. The zero-order valence-electron chi connectivity index (χ0n) is 8.41. The normalized spacial score (nSPS) is 14.2. The van der Waals surface area contributed by atoms with Crippen LogP contribution in [-0.4, -0.2) is 24.0 Å². The SMILES string of the molecule is O=C(Nc1ccc(Br)cc1F)N1CC=CC1. The molecule has 0 aromatic heterocycles. The third-order valence-electron chi connectivity index (χ3n) is 2.28. The molecule has 1 N–H and O–H groups in total. The van der Waals surface area contributed by atoms with Gasteiger partial charge in [-0.2, -0.15) is 0 Å². The van der Waals surface area contributed by atoms with Gasteiger partial charge < -0.3 is 10.2 Å². The van der Waals surface area contributed by atoms with Crippen LogP contribution in [0.5, 0.6) is 0 Å². The maximum absolute atomic E-state index is 13.4. The van der Waals surface area contributed by atoms with E-state index in [2.05, 4.69) is 21.2 Å². The van der Waals surface area contributed by atoms with E-state index < -0.39 is 5.82 Å². The molecule has 0 aliphatic carbocycles. The molecule has 0 radical (unpaired) electrons. The molecule has 84 valence electrons. The second kappa shape index (κ2) is 4.65. The summed E-state index contributed by atoms with van der Waals surface area (Å²) < 4.78 is 14.1. The Labute approximate surface area is 101 Å². The molecule has 1 heterocycles. The molecule has 0 spiro atoms. The summed E-state index contributed by atoms with van der Waals surface area (Å²) in [5, 5.41) is 2.53. The summed E-state index contributed by atoms with van der Waals surface area (Å²) in [6.07, 6.45) is 3.80. The summed E-state index contributed by atoms with van der Waals surface area (Å²) in [6, 6.07) is 4.24. The van der Waals surface area contributed by atoms with Gasteiger partial charge in [-0.25, -0.2) is 9.18 Å². The van der Waals surface area contributed by atoms with Gasteiger partial charge in [0.25, 0.3) is 0 Å². The molecule has 1 aliphatic heterocycles. The highest BCUT2D eigenvalue weighted by atomic mass is 79.9. The number of amides is 2. The lowest BCUT2D eigenvalue weighted by molar-refractivity contribution is 0.224. The fraction of sp³-hybridized carbons (Fsp3) is 0.182. The molecule has 3 nitrogen and oxygen atoms in total. The molecule has 0 atom stereocenters. The Bertz CT molecular complexity index is 440.